The molecule has 0 N–H and O–H groups in total. The predicted octanol–water partition coefficient (Wildman–Crippen LogP) is 3.72. The highest BCUT2D eigenvalue weighted by atomic mass is 14.7. The molecule has 0 saturated heterocycles. The van der Waals surface area contributed by atoms with Gasteiger partial charge in [0.1, 0.15) is 0 Å². The molecule has 0 bridgehead atoms. The van der Waals surface area contributed by atoms with Gasteiger partial charge in [-0.15, -0.1) is 0 Å². The second kappa shape index (κ2) is 4.34. The molecule has 0 spiro atoms. The molecule has 1 aromatic heterocycles. The largest absolute Gasteiger partial charge is 0.261 e. The van der Waals surface area contributed by atoms with Crippen molar-refractivity contribution in [2.75, 3.05) is 0 Å². The van der Waals surface area contributed by atoms with Crippen LogP contribution in [0.2, 0.25) is 0 Å². The number of aromatic nitrogens is 1. The summed E-state index contributed by atoms with van der Waals surface area (Å²) in [4.78, 5) is 4.50. The molecule has 1 aliphatic rings. The van der Waals surface area contributed by atoms with Crippen molar-refractivity contribution in [2.45, 2.75) is 52.4 Å². The normalized spacial score (nSPS) is 20.4. The van der Waals surface area contributed by atoms with Crippen LogP contribution in [-0.2, 0) is 12.8 Å². The lowest BCUT2D eigenvalue weighted by Crippen LogP contribution is -2.15. The molecule has 0 fully saturated rings. The van der Waals surface area contributed by atoms with Crippen molar-refractivity contribution in [3.05, 3.63) is 29.1 Å². The van der Waals surface area contributed by atoms with Crippen LogP contribution >= 0.6 is 0 Å². The van der Waals surface area contributed by atoms with Crippen LogP contribution in [-0.4, -0.2) is 4.98 Å². The van der Waals surface area contributed by atoms with Gasteiger partial charge in [-0.25, -0.2) is 0 Å². The predicted molar refractivity (Wildman–Crippen MR) is 64.1 cm³/mol. The average Bonchev–Trinajstić information content (AvgIpc) is 2.27. The van der Waals surface area contributed by atoms with E-state index >= 15 is 0 Å². The zero-order chi connectivity index (χ0) is 10.8. The number of nitrogens with zero attached hydrogens (tertiary/aromatic N) is 1. The molecule has 0 aliphatic heterocycles. The van der Waals surface area contributed by atoms with Crippen molar-refractivity contribution in [2.24, 2.45) is 5.92 Å². The van der Waals surface area contributed by atoms with Crippen LogP contribution in [0, 0.1) is 5.92 Å². The highest BCUT2D eigenvalue weighted by Crippen LogP contribution is 2.36. The van der Waals surface area contributed by atoms with Gasteiger partial charge in [-0.1, -0.05) is 20.8 Å². The highest BCUT2D eigenvalue weighted by Gasteiger charge is 2.23. The topological polar surface area (TPSA) is 12.9 Å². The highest BCUT2D eigenvalue weighted by molar-refractivity contribution is 5.32. The molecule has 0 amide bonds. The number of hydrogen-bond acceptors (Lipinski definition) is 1. The monoisotopic (exact) mass is 203 g/mol. The molecule has 1 heteroatoms. The average molecular weight is 203 g/mol. The van der Waals surface area contributed by atoms with Crippen molar-refractivity contribution >= 4 is 0 Å². The summed E-state index contributed by atoms with van der Waals surface area (Å²) in [6, 6.07) is 2.35. The van der Waals surface area contributed by atoms with Gasteiger partial charge in [-0.2, -0.15) is 0 Å². The Morgan fingerprint density at radius 3 is 2.93 bits per heavy atom. The Balaban J connectivity index is 2.39. The van der Waals surface area contributed by atoms with E-state index < -0.39 is 0 Å². The third-order valence-corrected chi connectivity index (χ3v) is 3.61. The van der Waals surface area contributed by atoms with Crippen LogP contribution in [0.4, 0.5) is 0 Å². The van der Waals surface area contributed by atoms with Gasteiger partial charge in [-0.05, 0) is 54.7 Å². The fourth-order valence-electron chi connectivity index (χ4n) is 2.65. The van der Waals surface area contributed by atoms with E-state index in [0.717, 1.165) is 18.3 Å². The smallest absolute Gasteiger partial charge is 0.0403 e. The van der Waals surface area contributed by atoms with Gasteiger partial charge in [0.25, 0.3) is 0 Å². The van der Waals surface area contributed by atoms with Crippen molar-refractivity contribution in [3.8, 4) is 0 Å². The summed E-state index contributed by atoms with van der Waals surface area (Å²) in [6.45, 7) is 6.86. The van der Waals surface area contributed by atoms with Gasteiger partial charge in [0.05, 0.1) is 0 Å². The number of fused-ring (bicyclic) bond motifs is 1. The molecule has 0 saturated carbocycles. The van der Waals surface area contributed by atoms with E-state index in [1.165, 1.54) is 30.5 Å². The number of rotatable bonds is 2. The second-order valence-corrected chi connectivity index (χ2v) is 4.97. The molecule has 1 nitrogen and oxygen atoms in total. The lowest BCUT2D eigenvalue weighted by atomic mass is 9.77. The van der Waals surface area contributed by atoms with Crippen LogP contribution in [0.1, 0.15) is 56.4 Å². The Morgan fingerprint density at radius 1 is 1.47 bits per heavy atom. The molecular weight excluding hydrogens is 182 g/mol. The minimum atomic E-state index is 0.760. The Morgan fingerprint density at radius 2 is 2.27 bits per heavy atom. The second-order valence-electron chi connectivity index (χ2n) is 4.97. The molecule has 1 atom stereocenters. The maximum atomic E-state index is 4.50. The van der Waals surface area contributed by atoms with Crippen molar-refractivity contribution < 1.29 is 0 Å². The van der Waals surface area contributed by atoms with E-state index in [0.29, 0.717) is 0 Å². The minimum absolute atomic E-state index is 0.760. The number of pyridine rings is 1. The van der Waals surface area contributed by atoms with Gasteiger partial charge < -0.3 is 0 Å². The van der Waals surface area contributed by atoms with Crippen LogP contribution in [0.15, 0.2) is 12.3 Å². The summed E-state index contributed by atoms with van der Waals surface area (Å²) in [5.41, 5.74) is 4.33. The first kappa shape index (κ1) is 10.7. The summed E-state index contributed by atoms with van der Waals surface area (Å²) < 4.78 is 0. The van der Waals surface area contributed by atoms with E-state index in [1.54, 1.807) is 5.56 Å². The van der Waals surface area contributed by atoms with Gasteiger partial charge in [0.2, 0.25) is 0 Å². The zero-order valence-corrected chi connectivity index (χ0v) is 10.1. The first-order valence-corrected chi connectivity index (χ1v) is 6.20. The SMILES string of the molecule is CCc1cc2c(cn1)CCCC2C(C)C. The summed E-state index contributed by atoms with van der Waals surface area (Å²) >= 11 is 0. The lowest BCUT2D eigenvalue weighted by molar-refractivity contribution is 0.432. The van der Waals surface area contributed by atoms with Gasteiger partial charge in [0.15, 0.2) is 0 Å². The summed E-state index contributed by atoms with van der Waals surface area (Å²) in [6.07, 6.45) is 7.09. The first-order chi connectivity index (χ1) is 7.22. The molecule has 1 unspecified atom stereocenters. The Kier molecular flexibility index (Phi) is 3.08. The zero-order valence-electron chi connectivity index (χ0n) is 10.1. The van der Waals surface area contributed by atoms with Crippen LogP contribution in [0.3, 0.4) is 0 Å². The third kappa shape index (κ3) is 2.06. The molecular formula is C14H21N. The lowest BCUT2D eigenvalue weighted by Gasteiger charge is -2.28. The molecule has 1 aromatic rings. The van der Waals surface area contributed by atoms with E-state index in [9.17, 15) is 0 Å². The van der Waals surface area contributed by atoms with Crippen molar-refractivity contribution in [1.29, 1.82) is 0 Å². The van der Waals surface area contributed by atoms with Crippen molar-refractivity contribution in [3.63, 3.8) is 0 Å². The van der Waals surface area contributed by atoms with Gasteiger partial charge in [0, 0.05) is 11.9 Å². The molecule has 82 valence electrons. The van der Waals surface area contributed by atoms with Gasteiger partial charge in [-0.3, -0.25) is 4.98 Å². The minimum Gasteiger partial charge on any atom is -0.261 e. The summed E-state index contributed by atoms with van der Waals surface area (Å²) in [5, 5.41) is 0. The van der Waals surface area contributed by atoms with E-state index in [1.807, 2.05) is 0 Å². The summed E-state index contributed by atoms with van der Waals surface area (Å²) in [7, 11) is 0. The van der Waals surface area contributed by atoms with E-state index in [2.05, 4.69) is 38.0 Å². The van der Waals surface area contributed by atoms with Crippen LogP contribution < -0.4 is 0 Å². The Bertz CT molecular complexity index is 341. The van der Waals surface area contributed by atoms with Gasteiger partial charge >= 0.3 is 0 Å². The maximum Gasteiger partial charge on any atom is 0.0403 e. The maximum absolute atomic E-state index is 4.50. The molecule has 0 radical (unpaired) electrons. The molecule has 0 aromatic carbocycles. The Labute approximate surface area is 92.9 Å². The quantitative estimate of drug-likeness (QED) is 0.714. The number of hydrogen-bond donors (Lipinski definition) is 0. The molecule has 1 aliphatic carbocycles. The molecule has 1 heterocycles. The fraction of sp³-hybridized carbons (Fsp3) is 0.643. The van der Waals surface area contributed by atoms with E-state index in [4.69, 9.17) is 0 Å². The summed E-state index contributed by atoms with van der Waals surface area (Å²) in [5.74, 6) is 1.53. The molecule has 2 rings (SSSR count). The Hall–Kier alpha value is -0.850. The van der Waals surface area contributed by atoms with Crippen LogP contribution in [0.5, 0.6) is 0 Å². The number of aryl methyl sites for hydroxylation is 2. The fourth-order valence-corrected chi connectivity index (χ4v) is 2.65. The standard InChI is InChI=1S/C14H21N/c1-4-12-8-14-11(9-15-12)6-5-7-13(14)10(2)3/h8-10,13H,4-7H2,1-3H3. The van der Waals surface area contributed by atoms with Crippen LogP contribution in [0.25, 0.3) is 0 Å². The molecule has 15 heavy (non-hydrogen) atoms. The first-order valence-electron chi connectivity index (χ1n) is 6.20. The van der Waals surface area contributed by atoms with E-state index in [-0.39, 0.29) is 0 Å². The third-order valence-electron chi connectivity index (χ3n) is 3.61. The van der Waals surface area contributed by atoms with Crippen molar-refractivity contribution in [1.82, 2.24) is 4.98 Å².